The van der Waals surface area contributed by atoms with Gasteiger partial charge in [-0.05, 0) is 36.6 Å². The van der Waals surface area contributed by atoms with Crippen LogP contribution in [0, 0.1) is 11.3 Å². The Balaban J connectivity index is 2.98. The number of alkyl halides is 3. The van der Waals surface area contributed by atoms with Crippen molar-refractivity contribution >= 4 is 23.4 Å². The molecule has 114 valence electrons. The van der Waals surface area contributed by atoms with E-state index in [1.54, 1.807) is 6.07 Å². The number of hydrogen-bond donors (Lipinski definition) is 2. The Kier molecular flexibility index (Phi) is 6.05. The van der Waals surface area contributed by atoms with Gasteiger partial charge in [0.2, 0.25) is 5.91 Å². The number of hydrogen-bond acceptors (Lipinski definition) is 4. The number of nitrogens with two attached hydrogens (primary N) is 1. The molecule has 1 aromatic carbocycles. The van der Waals surface area contributed by atoms with Gasteiger partial charge in [0.05, 0.1) is 28.9 Å². The van der Waals surface area contributed by atoms with E-state index in [2.05, 4.69) is 5.32 Å². The normalized spacial score (nSPS) is 12.6. The molecule has 0 aromatic heterocycles. The average molecular weight is 317 g/mol. The van der Waals surface area contributed by atoms with Crippen LogP contribution < -0.4 is 11.1 Å². The summed E-state index contributed by atoms with van der Waals surface area (Å²) in [5.74, 6) is -0.0482. The van der Waals surface area contributed by atoms with Gasteiger partial charge >= 0.3 is 6.18 Å². The summed E-state index contributed by atoms with van der Waals surface area (Å²) in [5.41, 5.74) is 4.01. The molecule has 0 radical (unpaired) electrons. The van der Waals surface area contributed by atoms with E-state index in [0.29, 0.717) is 18.2 Å². The van der Waals surface area contributed by atoms with Gasteiger partial charge in [0.25, 0.3) is 0 Å². The number of nitrogens with one attached hydrogen (secondary N) is 1. The molecule has 0 bridgehead atoms. The summed E-state index contributed by atoms with van der Waals surface area (Å²) in [6.45, 7) is 0. The third kappa shape index (κ3) is 4.95. The Labute approximate surface area is 124 Å². The fourth-order valence-electron chi connectivity index (χ4n) is 1.56. The number of anilines is 1. The maximum atomic E-state index is 12.9. The molecule has 1 aromatic rings. The van der Waals surface area contributed by atoms with Gasteiger partial charge in [0, 0.05) is 0 Å². The smallest absolute Gasteiger partial charge is 0.324 e. The summed E-state index contributed by atoms with van der Waals surface area (Å²) >= 11 is 1.49. The molecular formula is C13H14F3N3OS. The van der Waals surface area contributed by atoms with Crippen LogP contribution in [0.3, 0.4) is 0 Å². The second-order valence-electron chi connectivity index (χ2n) is 4.25. The molecule has 1 rings (SSSR count). The highest BCUT2D eigenvalue weighted by Gasteiger charge is 2.34. The number of nitriles is 1. The molecule has 4 nitrogen and oxygen atoms in total. The van der Waals surface area contributed by atoms with Crippen molar-refractivity contribution in [2.45, 2.75) is 18.6 Å². The highest BCUT2D eigenvalue weighted by atomic mass is 32.2. The number of halogens is 3. The van der Waals surface area contributed by atoms with E-state index >= 15 is 0 Å². The number of benzene rings is 1. The van der Waals surface area contributed by atoms with E-state index < -0.39 is 29.4 Å². The molecule has 0 spiro atoms. The number of nitrogens with zero attached hydrogens (tertiary/aromatic N) is 1. The first-order valence-corrected chi connectivity index (χ1v) is 7.35. The van der Waals surface area contributed by atoms with Crippen molar-refractivity contribution in [3.05, 3.63) is 29.3 Å². The van der Waals surface area contributed by atoms with Crippen LogP contribution in [0.15, 0.2) is 18.2 Å². The first-order valence-electron chi connectivity index (χ1n) is 5.96. The van der Waals surface area contributed by atoms with Gasteiger partial charge < -0.3 is 11.1 Å². The minimum Gasteiger partial charge on any atom is -0.324 e. The second kappa shape index (κ2) is 7.33. The summed E-state index contributed by atoms with van der Waals surface area (Å²) in [5, 5.41) is 10.8. The summed E-state index contributed by atoms with van der Waals surface area (Å²) in [6, 6.07) is 3.71. The van der Waals surface area contributed by atoms with Crippen molar-refractivity contribution in [3.63, 3.8) is 0 Å². The van der Waals surface area contributed by atoms with E-state index in [0.717, 1.165) is 6.07 Å². The lowest BCUT2D eigenvalue weighted by Crippen LogP contribution is -2.36. The van der Waals surface area contributed by atoms with Crippen molar-refractivity contribution in [1.82, 2.24) is 0 Å². The minimum absolute atomic E-state index is 0.132. The molecule has 0 aliphatic heterocycles. The molecule has 0 heterocycles. The van der Waals surface area contributed by atoms with Gasteiger partial charge in [0.15, 0.2) is 0 Å². The highest BCUT2D eigenvalue weighted by molar-refractivity contribution is 7.98. The minimum atomic E-state index is -4.67. The molecular weight excluding hydrogens is 303 g/mol. The second-order valence-corrected chi connectivity index (χ2v) is 5.23. The highest BCUT2D eigenvalue weighted by Crippen LogP contribution is 2.35. The molecule has 0 unspecified atom stereocenters. The molecule has 8 heteroatoms. The Morgan fingerprint density at radius 3 is 2.71 bits per heavy atom. The number of thioether (sulfide) groups is 1. The topological polar surface area (TPSA) is 78.9 Å². The number of carbonyl (C=O) groups is 1. The zero-order chi connectivity index (χ0) is 16.0. The molecule has 0 saturated carbocycles. The van der Waals surface area contributed by atoms with Gasteiger partial charge in [-0.25, -0.2) is 0 Å². The predicted octanol–water partition coefficient (Wildman–Crippen LogP) is 2.60. The molecule has 0 aliphatic carbocycles. The van der Waals surface area contributed by atoms with Crippen LogP contribution in [0.4, 0.5) is 18.9 Å². The van der Waals surface area contributed by atoms with Crippen LogP contribution in [-0.2, 0) is 11.0 Å². The van der Waals surface area contributed by atoms with Crippen LogP contribution >= 0.6 is 11.8 Å². The third-order valence-corrected chi connectivity index (χ3v) is 3.33. The molecule has 0 fully saturated rings. The van der Waals surface area contributed by atoms with E-state index in [9.17, 15) is 18.0 Å². The molecule has 0 aliphatic rings. The summed E-state index contributed by atoms with van der Waals surface area (Å²) < 4.78 is 38.8. The molecule has 21 heavy (non-hydrogen) atoms. The first-order chi connectivity index (χ1) is 9.79. The average Bonchev–Trinajstić information content (AvgIpc) is 2.43. The Morgan fingerprint density at radius 2 is 2.19 bits per heavy atom. The largest absolute Gasteiger partial charge is 0.418 e. The van der Waals surface area contributed by atoms with Gasteiger partial charge in [-0.1, -0.05) is 0 Å². The fraction of sp³-hybridized carbons (Fsp3) is 0.385. The summed E-state index contributed by atoms with van der Waals surface area (Å²) in [7, 11) is 0. The van der Waals surface area contributed by atoms with Gasteiger partial charge in [-0.15, -0.1) is 0 Å². The van der Waals surface area contributed by atoms with Crippen molar-refractivity contribution in [2.24, 2.45) is 5.73 Å². The first kappa shape index (κ1) is 17.3. The number of rotatable bonds is 5. The lowest BCUT2D eigenvalue weighted by Gasteiger charge is -2.16. The predicted molar refractivity (Wildman–Crippen MR) is 75.8 cm³/mol. The third-order valence-electron chi connectivity index (χ3n) is 2.68. The maximum Gasteiger partial charge on any atom is 0.418 e. The van der Waals surface area contributed by atoms with E-state index in [-0.39, 0.29) is 5.56 Å². The van der Waals surface area contributed by atoms with E-state index in [4.69, 9.17) is 11.0 Å². The Bertz CT molecular complexity index is 555. The van der Waals surface area contributed by atoms with Crippen LogP contribution in [0.5, 0.6) is 0 Å². The van der Waals surface area contributed by atoms with Crippen LogP contribution in [0.25, 0.3) is 0 Å². The lowest BCUT2D eigenvalue weighted by molar-refractivity contribution is -0.137. The van der Waals surface area contributed by atoms with Crippen LogP contribution in [0.1, 0.15) is 17.5 Å². The lowest BCUT2D eigenvalue weighted by atomic mass is 10.1. The molecule has 1 atom stereocenters. The van der Waals surface area contributed by atoms with E-state index in [1.165, 1.54) is 17.8 Å². The summed E-state index contributed by atoms with van der Waals surface area (Å²) in [4.78, 5) is 11.8. The SMILES string of the molecule is CSCC[C@H](N)C(=O)Nc1ccc(C#N)cc1C(F)(F)F. The molecule has 1 amide bonds. The van der Waals surface area contributed by atoms with Gasteiger partial charge in [0.1, 0.15) is 0 Å². The molecule has 3 N–H and O–H groups in total. The van der Waals surface area contributed by atoms with Crippen molar-refractivity contribution in [1.29, 1.82) is 5.26 Å². The monoisotopic (exact) mass is 317 g/mol. The molecule has 0 saturated heterocycles. The van der Waals surface area contributed by atoms with E-state index in [1.807, 2.05) is 6.26 Å². The van der Waals surface area contributed by atoms with Crippen molar-refractivity contribution in [3.8, 4) is 6.07 Å². The Hall–Kier alpha value is -1.72. The van der Waals surface area contributed by atoms with Crippen molar-refractivity contribution in [2.75, 3.05) is 17.3 Å². The standard InChI is InChI=1S/C13H14F3N3OS/c1-21-5-4-10(18)12(20)19-11-3-2-8(7-17)6-9(11)13(14,15)16/h2-3,6,10H,4-5,18H2,1H3,(H,19,20)/t10-/m0/s1. The quantitative estimate of drug-likeness (QED) is 0.875. The van der Waals surface area contributed by atoms with Crippen LogP contribution in [0.2, 0.25) is 0 Å². The van der Waals surface area contributed by atoms with Gasteiger partial charge in [-0.2, -0.15) is 30.2 Å². The fourth-order valence-corrected chi connectivity index (χ4v) is 2.05. The maximum absolute atomic E-state index is 12.9. The Morgan fingerprint density at radius 1 is 1.52 bits per heavy atom. The zero-order valence-corrected chi connectivity index (χ0v) is 12.0. The van der Waals surface area contributed by atoms with Crippen LogP contribution in [-0.4, -0.2) is 24.0 Å². The van der Waals surface area contributed by atoms with Gasteiger partial charge in [-0.3, -0.25) is 4.79 Å². The zero-order valence-electron chi connectivity index (χ0n) is 11.2. The number of carbonyl (C=O) groups excluding carboxylic acids is 1. The number of amides is 1. The van der Waals surface area contributed by atoms with Crippen molar-refractivity contribution < 1.29 is 18.0 Å². The summed E-state index contributed by atoms with van der Waals surface area (Å²) in [6.07, 6.45) is -2.46.